The molecule has 0 aromatic carbocycles. The van der Waals surface area contributed by atoms with Crippen LogP contribution in [0.25, 0.3) is 0 Å². The van der Waals surface area contributed by atoms with Crippen molar-refractivity contribution in [2.45, 2.75) is 309 Å². The van der Waals surface area contributed by atoms with Crippen LogP contribution in [-0.2, 0) is 28.6 Å². The van der Waals surface area contributed by atoms with Crippen molar-refractivity contribution in [2.75, 3.05) is 13.2 Å². The number of hydrogen-bond donors (Lipinski definition) is 0. The van der Waals surface area contributed by atoms with Crippen molar-refractivity contribution >= 4 is 17.9 Å². The van der Waals surface area contributed by atoms with Crippen LogP contribution >= 0.6 is 0 Å². The topological polar surface area (TPSA) is 78.9 Å². The highest BCUT2D eigenvalue weighted by molar-refractivity contribution is 5.71. The van der Waals surface area contributed by atoms with Crippen LogP contribution in [0.2, 0.25) is 0 Å². The van der Waals surface area contributed by atoms with Gasteiger partial charge in [0.2, 0.25) is 0 Å². The summed E-state index contributed by atoms with van der Waals surface area (Å²) >= 11 is 0. The number of allylic oxidation sites excluding steroid dienone is 10. The first-order chi connectivity index (χ1) is 34.0. The molecule has 0 heterocycles. The van der Waals surface area contributed by atoms with Gasteiger partial charge in [0.05, 0.1) is 0 Å². The summed E-state index contributed by atoms with van der Waals surface area (Å²) < 4.78 is 16.9. The number of carbonyl (C=O) groups excluding carboxylic acids is 3. The van der Waals surface area contributed by atoms with Gasteiger partial charge in [0.15, 0.2) is 6.10 Å². The molecule has 0 spiro atoms. The fourth-order valence-electron chi connectivity index (χ4n) is 8.43. The molecule has 0 saturated carbocycles. The fraction of sp³-hybridized carbons (Fsp3) is 0.794. The highest BCUT2D eigenvalue weighted by Gasteiger charge is 2.19. The molecule has 6 nitrogen and oxygen atoms in total. The molecule has 0 radical (unpaired) electrons. The Balaban J connectivity index is 4.34. The van der Waals surface area contributed by atoms with Crippen LogP contribution in [0.3, 0.4) is 0 Å². The zero-order valence-electron chi connectivity index (χ0n) is 45.8. The minimum atomic E-state index is -0.784. The van der Waals surface area contributed by atoms with Gasteiger partial charge in [0.1, 0.15) is 13.2 Å². The van der Waals surface area contributed by atoms with Gasteiger partial charge in [0, 0.05) is 19.3 Å². The van der Waals surface area contributed by atoms with E-state index in [0.29, 0.717) is 19.3 Å². The lowest BCUT2D eigenvalue weighted by Crippen LogP contribution is -2.30. The van der Waals surface area contributed by atoms with E-state index >= 15 is 0 Å². The van der Waals surface area contributed by atoms with E-state index in [0.717, 1.165) is 83.5 Å². The summed E-state index contributed by atoms with van der Waals surface area (Å²) in [7, 11) is 0. The molecule has 6 heteroatoms. The summed E-state index contributed by atoms with van der Waals surface area (Å²) in [4.78, 5) is 38.1. The molecule has 0 aromatic rings. The Morgan fingerprint density at radius 2 is 0.536 bits per heavy atom. The smallest absolute Gasteiger partial charge is 0.306 e. The van der Waals surface area contributed by atoms with Crippen LogP contribution in [-0.4, -0.2) is 37.2 Å². The number of esters is 3. The minimum Gasteiger partial charge on any atom is -0.462 e. The van der Waals surface area contributed by atoms with E-state index < -0.39 is 6.10 Å². The monoisotopic (exact) mass is 965 g/mol. The number of hydrogen-bond acceptors (Lipinski definition) is 6. The molecule has 0 aliphatic heterocycles. The maximum absolute atomic E-state index is 12.9. The largest absolute Gasteiger partial charge is 0.462 e. The first-order valence-corrected chi connectivity index (χ1v) is 29.8. The van der Waals surface area contributed by atoms with E-state index in [1.165, 1.54) is 180 Å². The predicted molar refractivity (Wildman–Crippen MR) is 298 cm³/mol. The molecule has 1 unspecified atom stereocenters. The fourth-order valence-corrected chi connectivity index (χ4v) is 8.43. The first-order valence-electron chi connectivity index (χ1n) is 29.8. The average Bonchev–Trinajstić information content (AvgIpc) is 3.35. The summed E-state index contributed by atoms with van der Waals surface area (Å²) in [5, 5.41) is 0. The lowest BCUT2D eigenvalue weighted by atomic mass is 10.1. The van der Waals surface area contributed by atoms with E-state index in [4.69, 9.17) is 14.2 Å². The van der Waals surface area contributed by atoms with Crippen molar-refractivity contribution in [3.05, 3.63) is 60.8 Å². The highest BCUT2D eigenvalue weighted by Crippen LogP contribution is 2.15. The Labute approximate surface area is 428 Å². The molecule has 0 fully saturated rings. The molecule has 69 heavy (non-hydrogen) atoms. The molecule has 0 bridgehead atoms. The third-order valence-corrected chi connectivity index (χ3v) is 13.0. The van der Waals surface area contributed by atoms with Gasteiger partial charge in [-0.05, 0) is 103 Å². The van der Waals surface area contributed by atoms with Crippen LogP contribution in [0, 0.1) is 0 Å². The van der Waals surface area contributed by atoms with Crippen molar-refractivity contribution in [3.63, 3.8) is 0 Å². The van der Waals surface area contributed by atoms with Crippen LogP contribution < -0.4 is 0 Å². The van der Waals surface area contributed by atoms with Gasteiger partial charge in [-0.1, -0.05) is 242 Å². The van der Waals surface area contributed by atoms with Crippen LogP contribution in [0.1, 0.15) is 303 Å². The molecular formula is C63H112O6. The quantitative estimate of drug-likeness (QED) is 0.0262. The molecule has 0 aliphatic rings. The molecule has 0 rings (SSSR count). The van der Waals surface area contributed by atoms with Gasteiger partial charge in [-0.15, -0.1) is 0 Å². The standard InChI is InChI=1S/C63H112O6/c1-4-7-10-13-16-19-22-24-26-28-30-31-33-34-36-38-41-44-47-50-53-56-62(65)68-59-60(58-67-61(64)55-52-49-46-43-40-21-18-15-12-9-6-3)69-63(66)57-54-51-48-45-42-39-37-35-32-29-27-25-23-20-17-14-11-8-5-2/h15,18,22,24-25,27-28,30,33-34,60H,4-14,16-17,19-21,23,26,29,31-32,35-59H2,1-3H3/b18-15-,24-22-,27-25-,30-28-,34-33-. The van der Waals surface area contributed by atoms with Crippen molar-refractivity contribution in [1.29, 1.82) is 0 Å². The second-order valence-electron chi connectivity index (χ2n) is 19.9. The number of ether oxygens (including phenoxy) is 3. The lowest BCUT2D eigenvalue weighted by Gasteiger charge is -2.18. The van der Waals surface area contributed by atoms with Gasteiger partial charge >= 0.3 is 17.9 Å². The van der Waals surface area contributed by atoms with Crippen LogP contribution in [0.4, 0.5) is 0 Å². The lowest BCUT2D eigenvalue weighted by molar-refractivity contribution is -0.167. The third-order valence-electron chi connectivity index (χ3n) is 13.0. The molecule has 1 atom stereocenters. The molecule has 0 saturated heterocycles. The van der Waals surface area contributed by atoms with Gasteiger partial charge < -0.3 is 14.2 Å². The van der Waals surface area contributed by atoms with E-state index in [1.807, 2.05) is 0 Å². The molecule has 0 N–H and O–H groups in total. The van der Waals surface area contributed by atoms with Crippen LogP contribution in [0.15, 0.2) is 60.8 Å². The Morgan fingerprint density at radius 3 is 0.870 bits per heavy atom. The summed E-state index contributed by atoms with van der Waals surface area (Å²) in [6, 6.07) is 0. The molecule has 400 valence electrons. The average molecular weight is 966 g/mol. The van der Waals surface area contributed by atoms with Crippen LogP contribution in [0.5, 0.6) is 0 Å². The Morgan fingerprint density at radius 1 is 0.290 bits per heavy atom. The van der Waals surface area contributed by atoms with Crippen molar-refractivity contribution in [2.24, 2.45) is 0 Å². The van der Waals surface area contributed by atoms with E-state index in [2.05, 4.69) is 81.5 Å². The molecule has 0 amide bonds. The molecular weight excluding hydrogens is 853 g/mol. The normalized spacial score (nSPS) is 12.4. The van der Waals surface area contributed by atoms with E-state index in [-0.39, 0.29) is 31.1 Å². The van der Waals surface area contributed by atoms with E-state index in [1.54, 1.807) is 0 Å². The van der Waals surface area contributed by atoms with E-state index in [9.17, 15) is 14.4 Å². The van der Waals surface area contributed by atoms with Gasteiger partial charge in [-0.2, -0.15) is 0 Å². The summed E-state index contributed by atoms with van der Waals surface area (Å²) in [6.07, 6.45) is 72.1. The Hall–Kier alpha value is -2.89. The van der Waals surface area contributed by atoms with Crippen molar-refractivity contribution in [1.82, 2.24) is 0 Å². The maximum Gasteiger partial charge on any atom is 0.306 e. The Kier molecular flexibility index (Phi) is 55.3. The minimum absolute atomic E-state index is 0.0828. The highest BCUT2D eigenvalue weighted by atomic mass is 16.6. The molecule has 0 aromatic heterocycles. The summed E-state index contributed by atoms with van der Waals surface area (Å²) in [5.41, 5.74) is 0. The summed E-state index contributed by atoms with van der Waals surface area (Å²) in [5.74, 6) is -0.896. The third kappa shape index (κ3) is 55.9. The number of unbranched alkanes of at least 4 members (excludes halogenated alkanes) is 33. The van der Waals surface area contributed by atoms with Gasteiger partial charge in [-0.3, -0.25) is 14.4 Å². The maximum atomic E-state index is 12.9. The predicted octanol–water partition coefficient (Wildman–Crippen LogP) is 20.0. The Bertz CT molecular complexity index is 1250. The van der Waals surface area contributed by atoms with Gasteiger partial charge in [-0.25, -0.2) is 0 Å². The molecule has 0 aliphatic carbocycles. The number of rotatable bonds is 54. The SMILES string of the molecule is CCCC/C=C\CCCCCCCC(=O)OCC(COC(=O)CCCCCCCC/C=C\C/C=C\C/C=C\CCCCCCC)OC(=O)CCCCCCCCCCC/C=C\CCCCCCCC. The second kappa shape index (κ2) is 57.7. The van der Waals surface area contributed by atoms with Crippen molar-refractivity contribution in [3.8, 4) is 0 Å². The first kappa shape index (κ1) is 66.1. The van der Waals surface area contributed by atoms with Crippen molar-refractivity contribution < 1.29 is 28.6 Å². The zero-order valence-corrected chi connectivity index (χ0v) is 45.8. The van der Waals surface area contributed by atoms with Gasteiger partial charge in [0.25, 0.3) is 0 Å². The second-order valence-corrected chi connectivity index (χ2v) is 19.9. The summed E-state index contributed by atoms with van der Waals surface area (Å²) in [6.45, 7) is 6.59. The zero-order chi connectivity index (χ0) is 50.0. The number of carbonyl (C=O) groups is 3.